The molecule has 24 heavy (non-hydrogen) atoms. The van der Waals surface area contributed by atoms with E-state index in [2.05, 4.69) is 22.0 Å². The number of esters is 1. The predicted octanol–water partition coefficient (Wildman–Crippen LogP) is 3.42. The van der Waals surface area contributed by atoms with Crippen LogP contribution >= 0.6 is 11.6 Å². The van der Waals surface area contributed by atoms with Crippen molar-refractivity contribution in [1.29, 1.82) is 0 Å². The van der Waals surface area contributed by atoms with Crippen LogP contribution in [0.4, 0.5) is 5.95 Å². The number of carbonyl (C=O) groups is 1. The van der Waals surface area contributed by atoms with Crippen LogP contribution in [-0.4, -0.2) is 27.3 Å². The lowest BCUT2D eigenvalue weighted by Crippen LogP contribution is -2.38. The summed E-state index contributed by atoms with van der Waals surface area (Å²) in [6.45, 7) is 6.45. The highest BCUT2D eigenvalue weighted by molar-refractivity contribution is 6.30. The number of benzene rings is 1. The molecule has 0 bridgehead atoms. The van der Waals surface area contributed by atoms with E-state index < -0.39 is 5.92 Å². The van der Waals surface area contributed by atoms with Crippen LogP contribution in [0, 0.1) is 5.92 Å². The normalized spacial score (nSPS) is 19.5. The Kier molecular flexibility index (Phi) is 4.85. The van der Waals surface area contributed by atoms with Crippen LogP contribution in [0.1, 0.15) is 31.4 Å². The second-order valence-corrected chi connectivity index (χ2v) is 6.11. The summed E-state index contributed by atoms with van der Waals surface area (Å²) in [5.74, 6) is -0.350. The first-order valence-electron chi connectivity index (χ1n) is 7.89. The molecule has 1 aromatic carbocycles. The second-order valence-electron chi connectivity index (χ2n) is 5.67. The highest BCUT2D eigenvalue weighted by atomic mass is 35.5. The van der Waals surface area contributed by atoms with Gasteiger partial charge in [-0.15, -0.1) is 0 Å². The van der Waals surface area contributed by atoms with Gasteiger partial charge in [0.15, 0.2) is 0 Å². The number of anilines is 1. The smallest absolute Gasteiger partial charge is 0.317 e. The van der Waals surface area contributed by atoms with Gasteiger partial charge in [-0.05, 0) is 24.1 Å². The lowest BCUT2D eigenvalue weighted by atomic mass is 9.89. The molecule has 0 saturated heterocycles. The zero-order valence-corrected chi connectivity index (χ0v) is 14.2. The number of rotatable bonds is 5. The lowest BCUT2D eigenvalue weighted by molar-refractivity contribution is -0.148. The zero-order valence-electron chi connectivity index (χ0n) is 13.4. The summed E-state index contributed by atoms with van der Waals surface area (Å²) in [6.07, 6.45) is 3.24. The van der Waals surface area contributed by atoms with Crippen molar-refractivity contribution in [3.8, 4) is 0 Å². The fraction of sp³-hybridized carbons (Fsp3) is 0.353. The average molecular weight is 347 g/mol. The molecule has 0 aliphatic carbocycles. The Hall–Kier alpha value is -2.34. The van der Waals surface area contributed by atoms with Crippen LogP contribution in [0.15, 0.2) is 42.9 Å². The number of halogens is 1. The Bertz CT molecular complexity index is 741. The third-order valence-electron chi connectivity index (χ3n) is 4.01. The number of ether oxygens (including phenoxy) is 1. The fourth-order valence-electron chi connectivity index (χ4n) is 2.77. The van der Waals surface area contributed by atoms with Gasteiger partial charge in [-0.1, -0.05) is 43.7 Å². The van der Waals surface area contributed by atoms with Crippen molar-refractivity contribution in [1.82, 2.24) is 14.8 Å². The molecule has 0 saturated carbocycles. The van der Waals surface area contributed by atoms with Crippen molar-refractivity contribution in [3.05, 3.63) is 53.5 Å². The molecule has 0 radical (unpaired) electrons. The third-order valence-corrected chi connectivity index (χ3v) is 4.26. The topological polar surface area (TPSA) is 69.0 Å². The maximum atomic E-state index is 12.7. The molecule has 126 valence electrons. The first kappa shape index (κ1) is 16.5. The number of carbonyl (C=O) groups excluding carboxylic acids is 1. The van der Waals surface area contributed by atoms with Crippen molar-refractivity contribution in [2.45, 2.75) is 25.8 Å². The first-order valence-corrected chi connectivity index (χ1v) is 8.27. The second kappa shape index (κ2) is 7.05. The maximum Gasteiger partial charge on any atom is 0.317 e. The Morgan fingerprint density at radius 3 is 2.88 bits per heavy atom. The fourth-order valence-corrected chi connectivity index (χ4v) is 2.89. The van der Waals surface area contributed by atoms with Crippen LogP contribution in [-0.2, 0) is 9.53 Å². The number of fused-ring (bicyclic) bond motifs is 1. The van der Waals surface area contributed by atoms with Crippen LogP contribution in [0.3, 0.4) is 0 Å². The van der Waals surface area contributed by atoms with Crippen LogP contribution in [0.5, 0.6) is 0 Å². The summed E-state index contributed by atoms with van der Waals surface area (Å²) in [7, 11) is 0. The number of hydrogen-bond acceptors (Lipinski definition) is 5. The number of hydrogen-bond donors (Lipinski definition) is 1. The summed E-state index contributed by atoms with van der Waals surface area (Å²) >= 11 is 5.99. The molecule has 3 rings (SSSR count). The molecule has 1 aliphatic heterocycles. The summed E-state index contributed by atoms with van der Waals surface area (Å²) in [5.41, 5.74) is 1.45. The number of nitrogens with zero attached hydrogens (tertiary/aromatic N) is 3. The summed E-state index contributed by atoms with van der Waals surface area (Å²) in [5, 5.41) is 7.93. The molecule has 2 aromatic rings. The minimum absolute atomic E-state index is 0.318. The molecule has 2 atom stereocenters. The predicted molar refractivity (Wildman–Crippen MR) is 91.7 cm³/mol. The molecule has 1 aliphatic rings. The van der Waals surface area contributed by atoms with Gasteiger partial charge in [-0.2, -0.15) is 10.1 Å². The van der Waals surface area contributed by atoms with Crippen molar-refractivity contribution in [2.75, 3.05) is 11.9 Å². The Labute approximate surface area is 145 Å². The van der Waals surface area contributed by atoms with E-state index in [9.17, 15) is 4.79 Å². The van der Waals surface area contributed by atoms with E-state index >= 15 is 0 Å². The van der Waals surface area contributed by atoms with Crippen LogP contribution < -0.4 is 5.32 Å². The quantitative estimate of drug-likeness (QED) is 0.663. The molecule has 6 nitrogen and oxygen atoms in total. The monoisotopic (exact) mass is 346 g/mol. The van der Waals surface area contributed by atoms with Crippen molar-refractivity contribution in [3.63, 3.8) is 0 Å². The average Bonchev–Trinajstić information content (AvgIpc) is 3.02. The van der Waals surface area contributed by atoms with Gasteiger partial charge in [-0.25, -0.2) is 4.68 Å². The highest BCUT2D eigenvalue weighted by Crippen LogP contribution is 2.38. The first-order chi connectivity index (χ1) is 11.6. The van der Waals surface area contributed by atoms with Gasteiger partial charge in [0.2, 0.25) is 5.95 Å². The standard InChI is InChI=1S/C17H19ClN4O2/c1-3-4-9-24-16(23)14-11(2)21-17-19-10-20-22(17)15(14)12-5-7-13(18)8-6-12/h5-8,10,14-15H,2-4,9H2,1H3,(H,19,20,21)/t14-,15-/m0/s1. The molecule has 0 fully saturated rings. The van der Waals surface area contributed by atoms with Gasteiger partial charge in [0, 0.05) is 10.7 Å². The van der Waals surface area contributed by atoms with Gasteiger partial charge in [0.05, 0.1) is 12.6 Å². The van der Waals surface area contributed by atoms with Crippen molar-refractivity contribution >= 4 is 23.5 Å². The number of nitrogens with one attached hydrogen (secondary N) is 1. The Morgan fingerprint density at radius 2 is 2.17 bits per heavy atom. The van der Waals surface area contributed by atoms with E-state index in [4.69, 9.17) is 16.3 Å². The molecule has 0 amide bonds. The van der Waals surface area contributed by atoms with Gasteiger partial charge >= 0.3 is 5.97 Å². The highest BCUT2D eigenvalue weighted by Gasteiger charge is 2.40. The Balaban J connectivity index is 1.96. The van der Waals surface area contributed by atoms with Gasteiger partial charge in [-0.3, -0.25) is 4.79 Å². The molecule has 0 unspecified atom stereocenters. The van der Waals surface area contributed by atoms with E-state index in [1.54, 1.807) is 16.8 Å². The molecule has 1 aromatic heterocycles. The van der Waals surface area contributed by atoms with E-state index in [0.29, 0.717) is 23.3 Å². The number of unbranched alkanes of at least 4 members (excludes halogenated alkanes) is 1. The minimum atomic E-state index is -0.586. The molecular formula is C17H19ClN4O2. The van der Waals surface area contributed by atoms with E-state index in [0.717, 1.165) is 18.4 Å². The van der Waals surface area contributed by atoms with E-state index in [1.807, 2.05) is 19.1 Å². The number of aromatic nitrogens is 3. The van der Waals surface area contributed by atoms with Crippen LogP contribution in [0.25, 0.3) is 0 Å². The molecular weight excluding hydrogens is 328 g/mol. The molecule has 7 heteroatoms. The van der Waals surface area contributed by atoms with E-state index in [-0.39, 0.29) is 12.0 Å². The summed E-state index contributed by atoms with van der Waals surface area (Å²) < 4.78 is 7.12. The van der Waals surface area contributed by atoms with Crippen LogP contribution in [0.2, 0.25) is 5.02 Å². The summed E-state index contributed by atoms with van der Waals surface area (Å²) in [4.78, 5) is 16.8. The van der Waals surface area contributed by atoms with Gasteiger partial charge in [0.1, 0.15) is 12.2 Å². The lowest BCUT2D eigenvalue weighted by Gasteiger charge is -2.33. The van der Waals surface area contributed by atoms with Crippen molar-refractivity contribution < 1.29 is 9.53 Å². The minimum Gasteiger partial charge on any atom is -0.465 e. The maximum absolute atomic E-state index is 12.7. The SMILES string of the molecule is C=C1Nc2ncnn2[C@@H](c2ccc(Cl)cc2)[C@H]1C(=O)OCCCC. The molecule has 0 spiro atoms. The molecule has 1 N–H and O–H groups in total. The Morgan fingerprint density at radius 1 is 1.42 bits per heavy atom. The third kappa shape index (κ3) is 3.14. The van der Waals surface area contributed by atoms with Gasteiger partial charge in [0.25, 0.3) is 0 Å². The van der Waals surface area contributed by atoms with Gasteiger partial charge < -0.3 is 10.1 Å². The van der Waals surface area contributed by atoms with Crippen molar-refractivity contribution in [2.24, 2.45) is 5.92 Å². The summed E-state index contributed by atoms with van der Waals surface area (Å²) in [6, 6.07) is 6.96. The largest absolute Gasteiger partial charge is 0.465 e. The molecule has 2 heterocycles. The zero-order chi connectivity index (χ0) is 17.1. The van der Waals surface area contributed by atoms with E-state index in [1.165, 1.54) is 6.33 Å².